The molecule has 5 heteroatoms. The Balaban J connectivity index is 1.95. The van der Waals surface area contributed by atoms with Gasteiger partial charge >= 0.3 is 0 Å². The first kappa shape index (κ1) is 18.2. The van der Waals surface area contributed by atoms with E-state index in [0.717, 1.165) is 29.3 Å². The smallest absolute Gasteiger partial charge is 0.251 e. The van der Waals surface area contributed by atoms with Crippen molar-refractivity contribution in [1.82, 2.24) is 10.6 Å². The third-order valence-electron chi connectivity index (χ3n) is 4.25. The first-order valence-corrected chi connectivity index (χ1v) is 9.32. The summed E-state index contributed by atoms with van der Waals surface area (Å²) in [6, 6.07) is 5.98. The highest BCUT2D eigenvalue weighted by Crippen LogP contribution is 2.25. The van der Waals surface area contributed by atoms with Gasteiger partial charge in [-0.3, -0.25) is 9.59 Å². The van der Waals surface area contributed by atoms with Gasteiger partial charge in [-0.1, -0.05) is 12.5 Å². The summed E-state index contributed by atoms with van der Waals surface area (Å²) in [6.07, 6.45) is 3.56. The number of hydrogen-bond donors (Lipinski definition) is 2. The van der Waals surface area contributed by atoms with Crippen LogP contribution in [0.25, 0.3) is 0 Å². The Morgan fingerprint density at radius 2 is 2.00 bits per heavy atom. The van der Waals surface area contributed by atoms with Gasteiger partial charge in [0, 0.05) is 27.1 Å². The van der Waals surface area contributed by atoms with Crippen molar-refractivity contribution < 1.29 is 9.59 Å². The fourth-order valence-electron chi connectivity index (χ4n) is 2.96. The number of hydrogen-bond acceptors (Lipinski definition) is 2. The van der Waals surface area contributed by atoms with Gasteiger partial charge < -0.3 is 10.6 Å². The fourth-order valence-corrected chi connectivity index (χ4v) is 3.48. The molecule has 2 unspecified atom stereocenters. The maximum Gasteiger partial charge on any atom is 0.251 e. The van der Waals surface area contributed by atoms with Crippen molar-refractivity contribution in [3.8, 4) is 0 Å². The van der Waals surface area contributed by atoms with Crippen molar-refractivity contribution >= 4 is 34.4 Å². The Morgan fingerprint density at radius 3 is 2.65 bits per heavy atom. The molecule has 0 bridgehead atoms. The van der Waals surface area contributed by atoms with Crippen LogP contribution >= 0.6 is 22.6 Å². The summed E-state index contributed by atoms with van der Waals surface area (Å²) in [5.74, 6) is 0.0799. The second-order valence-corrected chi connectivity index (χ2v) is 7.82. The number of amides is 2. The summed E-state index contributed by atoms with van der Waals surface area (Å²) in [7, 11) is 0. The Kier molecular flexibility index (Phi) is 6.44. The van der Waals surface area contributed by atoms with Gasteiger partial charge in [0.25, 0.3) is 5.91 Å². The Bertz CT molecular complexity index is 586. The Labute approximate surface area is 151 Å². The van der Waals surface area contributed by atoms with Crippen molar-refractivity contribution in [3.05, 3.63) is 32.9 Å². The molecule has 4 nitrogen and oxygen atoms in total. The molecule has 2 N–H and O–H groups in total. The molecule has 0 spiro atoms. The lowest BCUT2D eigenvalue weighted by Crippen LogP contribution is -2.43. The molecular formula is C18H25IN2O2. The third kappa shape index (κ3) is 5.19. The maximum atomic E-state index is 12.4. The average molecular weight is 428 g/mol. The van der Waals surface area contributed by atoms with E-state index in [0.29, 0.717) is 5.56 Å². The lowest BCUT2D eigenvalue weighted by molar-refractivity contribution is -0.126. The van der Waals surface area contributed by atoms with E-state index in [9.17, 15) is 9.59 Å². The van der Waals surface area contributed by atoms with Crippen LogP contribution in [0.15, 0.2) is 18.2 Å². The van der Waals surface area contributed by atoms with Gasteiger partial charge in [-0.2, -0.15) is 0 Å². The SMILES string of the molecule is Cc1ccc(C(=O)NC2CCCC(C(=O)NC(C)C)C2)cc1I. The molecule has 1 aromatic carbocycles. The molecule has 0 heterocycles. The summed E-state index contributed by atoms with van der Waals surface area (Å²) < 4.78 is 1.09. The van der Waals surface area contributed by atoms with Crippen LogP contribution in [0.1, 0.15) is 55.5 Å². The molecule has 0 radical (unpaired) electrons. The van der Waals surface area contributed by atoms with Crippen molar-refractivity contribution in [2.24, 2.45) is 5.92 Å². The maximum absolute atomic E-state index is 12.4. The fraction of sp³-hybridized carbons (Fsp3) is 0.556. The van der Waals surface area contributed by atoms with Crippen LogP contribution in [0.3, 0.4) is 0 Å². The van der Waals surface area contributed by atoms with E-state index >= 15 is 0 Å². The molecule has 2 rings (SSSR count). The average Bonchev–Trinajstić information content (AvgIpc) is 2.49. The van der Waals surface area contributed by atoms with Gasteiger partial charge in [0.15, 0.2) is 0 Å². The van der Waals surface area contributed by atoms with Gasteiger partial charge in [-0.05, 0) is 80.3 Å². The van der Waals surface area contributed by atoms with Gasteiger partial charge in [-0.15, -0.1) is 0 Å². The lowest BCUT2D eigenvalue weighted by atomic mass is 9.85. The van der Waals surface area contributed by atoms with Crippen LogP contribution in [-0.4, -0.2) is 23.9 Å². The topological polar surface area (TPSA) is 58.2 Å². The Morgan fingerprint density at radius 1 is 1.26 bits per heavy atom. The Hall–Kier alpha value is -1.11. The van der Waals surface area contributed by atoms with Gasteiger partial charge in [-0.25, -0.2) is 0 Å². The molecular weight excluding hydrogens is 403 g/mol. The van der Waals surface area contributed by atoms with Gasteiger partial charge in [0.1, 0.15) is 0 Å². The van der Waals surface area contributed by atoms with Crippen LogP contribution < -0.4 is 10.6 Å². The van der Waals surface area contributed by atoms with E-state index in [1.165, 1.54) is 5.56 Å². The quantitative estimate of drug-likeness (QED) is 0.723. The van der Waals surface area contributed by atoms with Crippen LogP contribution in [-0.2, 0) is 4.79 Å². The molecule has 2 atom stereocenters. The van der Waals surface area contributed by atoms with Crippen LogP contribution in [0, 0.1) is 16.4 Å². The number of carbonyl (C=O) groups excluding carboxylic acids is 2. The van der Waals surface area contributed by atoms with E-state index in [1.807, 2.05) is 39.0 Å². The van der Waals surface area contributed by atoms with Crippen LogP contribution in [0.4, 0.5) is 0 Å². The third-order valence-corrected chi connectivity index (χ3v) is 5.41. The minimum atomic E-state index is -0.0437. The van der Waals surface area contributed by atoms with Crippen molar-refractivity contribution in [2.45, 2.75) is 58.5 Å². The molecule has 1 aliphatic rings. The summed E-state index contributed by atoms with van der Waals surface area (Å²) in [5.41, 5.74) is 1.86. The second-order valence-electron chi connectivity index (χ2n) is 6.66. The number of rotatable bonds is 4. The van der Waals surface area contributed by atoms with Crippen molar-refractivity contribution in [3.63, 3.8) is 0 Å². The highest BCUT2D eigenvalue weighted by Gasteiger charge is 2.28. The summed E-state index contributed by atoms with van der Waals surface area (Å²) >= 11 is 2.24. The standard InChI is InChI=1S/C18H25IN2O2/c1-11(2)20-17(22)13-5-4-6-15(9-13)21-18(23)14-8-7-12(3)16(19)10-14/h7-8,10-11,13,15H,4-6,9H2,1-3H3,(H,20,22)(H,21,23). The molecule has 1 aliphatic carbocycles. The molecule has 1 fully saturated rings. The summed E-state index contributed by atoms with van der Waals surface area (Å²) in [4.78, 5) is 24.6. The van der Waals surface area contributed by atoms with E-state index < -0.39 is 0 Å². The normalized spacial score (nSPS) is 21.1. The van der Waals surface area contributed by atoms with E-state index in [-0.39, 0.29) is 29.8 Å². The molecule has 1 saturated carbocycles. The minimum Gasteiger partial charge on any atom is -0.354 e. The van der Waals surface area contributed by atoms with Crippen molar-refractivity contribution in [1.29, 1.82) is 0 Å². The van der Waals surface area contributed by atoms with Gasteiger partial charge in [0.05, 0.1) is 0 Å². The van der Waals surface area contributed by atoms with Crippen LogP contribution in [0.5, 0.6) is 0 Å². The highest BCUT2D eigenvalue weighted by molar-refractivity contribution is 14.1. The zero-order chi connectivity index (χ0) is 17.0. The molecule has 23 heavy (non-hydrogen) atoms. The molecule has 0 aliphatic heterocycles. The largest absolute Gasteiger partial charge is 0.354 e. The van der Waals surface area contributed by atoms with Gasteiger partial charge in [0.2, 0.25) is 5.91 Å². The number of aryl methyl sites for hydroxylation is 1. The van der Waals surface area contributed by atoms with E-state index in [4.69, 9.17) is 0 Å². The predicted molar refractivity (Wildman–Crippen MR) is 100 cm³/mol. The lowest BCUT2D eigenvalue weighted by Gasteiger charge is -2.29. The minimum absolute atomic E-state index is 0.00889. The molecule has 0 saturated heterocycles. The number of carbonyl (C=O) groups is 2. The first-order chi connectivity index (χ1) is 10.9. The summed E-state index contributed by atoms with van der Waals surface area (Å²) in [6.45, 7) is 5.97. The molecule has 0 aromatic heterocycles. The monoisotopic (exact) mass is 428 g/mol. The predicted octanol–water partition coefficient (Wildman–Crippen LogP) is 3.41. The number of benzene rings is 1. The van der Waals surface area contributed by atoms with Crippen molar-refractivity contribution in [2.75, 3.05) is 0 Å². The van der Waals surface area contributed by atoms with E-state index in [1.54, 1.807) is 0 Å². The molecule has 1 aromatic rings. The zero-order valence-electron chi connectivity index (χ0n) is 14.0. The summed E-state index contributed by atoms with van der Waals surface area (Å²) in [5, 5.41) is 6.08. The second kappa shape index (κ2) is 8.13. The highest BCUT2D eigenvalue weighted by atomic mass is 127. The molecule has 2 amide bonds. The van der Waals surface area contributed by atoms with Crippen LogP contribution in [0.2, 0.25) is 0 Å². The first-order valence-electron chi connectivity index (χ1n) is 8.24. The number of nitrogens with one attached hydrogen (secondary N) is 2. The zero-order valence-corrected chi connectivity index (χ0v) is 16.1. The molecule has 126 valence electrons. The van der Waals surface area contributed by atoms with E-state index in [2.05, 4.69) is 33.2 Å². The number of halogens is 1.